The summed E-state index contributed by atoms with van der Waals surface area (Å²) >= 11 is 0. The van der Waals surface area contributed by atoms with E-state index in [2.05, 4.69) is 17.6 Å². The minimum absolute atomic E-state index is 0.112. The summed E-state index contributed by atoms with van der Waals surface area (Å²) in [5.41, 5.74) is 0. The second-order valence-corrected chi connectivity index (χ2v) is 6.62. The number of nitrogens with one attached hydrogen (secondary N) is 2. The Labute approximate surface area is 120 Å². The van der Waals surface area contributed by atoms with E-state index in [0.717, 1.165) is 51.9 Å². The molecule has 3 aliphatic rings. The molecular weight excluding hydrogens is 254 g/mol. The monoisotopic (exact) mass is 279 g/mol. The van der Waals surface area contributed by atoms with Gasteiger partial charge in [0.1, 0.15) is 0 Å². The average molecular weight is 279 g/mol. The van der Waals surface area contributed by atoms with Crippen LogP contribution in [0.2, 0.25) is 0 Å². The van der Waals surface area contributed by atoms with Gasteiger partial charge in [-0.2, -0.15) is 0 Å². The zero-order valence-corrected chi connectivity index (χ0v) is 12.2. The molecular formula is C15H25N3O2. The fourth-order valence-electron chi connectivity index (χ4n) is 3.30. The van der Waals surface area contributed by atoms with Crippen LogP contribution in [0.1, 0.15) is 32.6 Å². The van der Waals surface area contributed by atoms with E-state index in [1.807, 2.05) is 4.90 Å². The largest absolute Gasteiger partial charge is 0.353 e. The summed E-state index contributed by atoms with van der Waals surface area (Å²) in [5, 5.41) is 6.45. The summed E-state index contributed by atoms with van der Waals surface area (Å²) in [6.45, 7) is 5.47. The van der Waals surface area contributed by atoms with Crippen molar-refractivity contribution in [3.05, 3.63) is 0 Å². The highest BCUT2D eigenvalue weighted by Gasteiger charge is 2.36. The summed E-state index contributed by atoms with van der Waals surface area (Å²) < 4.78 is 0. The van der Waals surface area contributed by atoms with Crippen molar-refractivity contribution >= 4 is 11.8 Å². The van der Waals surface area contributed by atoms with Crippen LogP contribution >= 0.6 is 0 Å². The summed E-state index contributed by atoms with van der Waals surface area (Å²) in [7, 11) is 0. The fourth-order valence-corrected chi connectivity index (χ4v) is 3.30. The Morgan fingerprint density at radius 2 is 1.80 bits per heavy atom. The zero-order chi connectivity index (χ0) is 14.1. The highest BCUT2D eigenvalue weighted by molar-refractivity contribution is 5.81. The van der Waals surface area contributed by atoms with E-state index in [9.17, 15) is 9.59 Å². The van der Waals surface area contributed by atoms with E-state index < -0.39 is 0 Å². The predicted molar refractivity (Wildman–Crippen MR) is 76.0 cm³/mol. The third kappa shape index (κ3) is 2.97. The van der Waals surface area contributed by atoms with E-state index in [-0.39, 0.29) is 17.9 Å². The van der Waals surface area contributed by atoms with Crippen molar-refractivity contribution in [2.45, 2.75) is 38.6 Å². The highest BCUT2D eigenvalue weighted by Crippen LogP contribution is 2.31. The second-order valence-electron chi connectivity index (χ2n) is 6.62. The lowest BCUT2D eigenvalue weighted by molar-refractivity contribution is -0.133. The third-order valence-corrected chi connectivity index (χ3v) is 4.93. The summed E-state index contributed by atoms with van der Waals surface area (Å²) in [4.78, 5) is 26.2. The number of amides is 2. The molecule has 3 fully saturated rings. The van der Waals surface area contributed by atoms with Crippen LogP contribution in [0.15, 0.2) is 0 Å². The van der Waals surface area contributed by atoms with E-state index >= 15 is 0 Å². The lowest BCUT2D eigenvalue weighted by Crippen LogP contribution is -2.48. The molecule has 2 unspecified atom stereocenters. The molecule has 0 radical (unpaired) electrons. The minimum Gasteiger partial charge on any atom is -0.353 e. The Morgan fingerprint density at radius 1 is 1.10 bits per heavy atom. The van der Waals surface area contributed by atoms with Gasteiger partial charge in [0, 0.05) is 31.6 Å². The maximum Gasteiger partial charge on any atom is 0.225 e. The fraction of sp³-hybridized carbons (Fsp3) is 0.867. The van der Waals surface area contributed by atoms with Gasteiger partial charge >= 0.3 is 0 Å². The molecule has 20 heavy (non-hydrogen) atoms. The van der Waals surface area contributed by atoms with Crippen molar-refractivity contribution in [1.29, 1.82) is 0 Å². The number of hydrogen-bond donors (Lipinski definition) is 2. The number of nitrogens with zero attached hydrogens (tertiary/aromatic N) is 1. The van der Waals surface area contributed by atoms with Gasteiger partial charge in [0.05, 0.1) is 5.92 Å². The Kier molecular flexibility index (Phi) is 3.96. The predicted octanol–water partition coefficient (Wildman–Crippen LogP) is 0.359. The van der Waals surface area contributed by atoms with Gasteiger partial charge < -0.3 is 15.5 Å². The molecule has 2 aliphatic heterocycles. The van der Waals surface area contributed by atoms with Gasteiger partial charge in [0.15, 0.2) is 0 Å². The van der Waals surface area contributed by atoms with Crippen LogP contribution in [0, 0.1) is 17.8 Å². The first-order valence-corrected chi connectivity index (χ1v) is 7.95. The van der Waals surface area contributed by atoms with Gasteiger partial charge in [-0.3, -0.25) is 9.59 Å². The van der Waals surface area contributed by atoms with Crippen LogP contribution in [-0.2, 0) is 9.59 Å². The first-order chi connectivity index (χ1) is 9.65. The Morgan fingerprint density at radius 3 is 2.35 bits per heavy atom. The van der Waals surface area contributed by atoms with E-state index in [1.165, 1.54) is 0 Å². The molecule has 0 spiro atoms. The topological polar surface area (TPSA) is 61.4 Å². The quantitative estimate of drug-likeness (QED) is 0.784. The van der Waals surface area contributed by atoms with Gasteiger partial charge in [0.25, 0.3) is 0 Å². The molecule has 2 atom stereocenters. The number of carbonyl (C=O) groups excluding carboxylic acids is 2. The number of carbonyl (C=O) groups is 2. The first-order valence-electron chi connectivity index (χ1n) is 7.95. The maximum absolute atomic E-state index is 12.2. The molecule has 0 aromatic rings. The molecule has 2 amide bonds. The SMILES string of the molecule is CC1CNCC1C(=O)NC1CCN(C(=O)C2CC2)CC1. The summed E-state index contributed by atoms with van der Waals surface area (Å²) in [6, 6.07) is 0.249. The number of likely N-dealkylation sites (tertiary alicyclic amines) is 1. The molecule has 1 saturated carbocycles. The lowest BCUT2D eigenvalue weighted by Gasteiger charge is -2.33. The molecule has 3 rings (SSSR count). The zero-order valence-electron chi connectivity index (χ0n) is 12.2. The molecule has 2 heterocycles. The number of rotatable bonds is 3. The molecule has 5 heteroatoms. The molecule has 112 valence electrons. The van der Waals surface area contributed by atoms with Crippen LogP contribution in [0.5, 0.6) is 0 Å². The number of hydrogen-bond acceptors (Lipinski definition) is 3. The Bertz CT molecular complexity index is 387. The lowest BCUT2D eigenvalue weighted by atomic mass is 9.96. The molecule has 2 N–H and O–H groups in total. The molecule has 2 saturated heterocycles. The van der Waals surface area contributed by atoms with Crippen LogP contribution in [-0.4, -0.2) is 48.9 Å². The van der Waals surface area contributed by atoms with Crippen LogP contribution < -0.4 is 10.6 Å². The Balaban J connectivity index is 1.44. The van der Waals surface area contributed by atoms with Gasteiger partial charge in [-0.15, -0.1) is 0 Å². The van der Waals surface area contributed by atoms with Gasteiger partial charge in [-0.05, 0) is 38.1 Å². The summed E-state index contributed by atoms with van der Waals surface area (Å²) in [5.74, 6) is 1.37. The first kappa shape index (κ1) is 13.9. The third-order valence-electron chi connectivity index (χ3n) is 4.93. The standard InChI is InChI=1S/C15H25N3O2/c1-10-8-16-9-13(10)14(19)17-12-4-6-18(7-5-12)15(20)11-2-3-11/h10-13,16H,2-9H2,1H3,(H,17,19). The Hall–Kier alpha value is -1.10. The van der Waals surface area contributed by atoms with Crippen molar-refractivity contribution in [3.63, 3.8) is 0 Å². The summed E-state index contributed by atoms with van der Waals surface area (Å²) in [6.07, 6.45) is 3.95. The number of piperidine rings is 1. The van der Waals surface area contributed by atoms with Gasteiger partial charge in [0.2, 0.25) is 11.8 Å². The van der Waals surface area contributed by atoms with Crippen LogP contribution in [0.3, 0.4) is 0 Å². The van der Waals surface area contributed by atoms with Crippen LogP contribution in [0.25, 0.3) is 0 Å². The molecule has 0 aromatic heterocycles. The second kappa shape index (κ2) is 5.72. The van der Waals surface area contributed by atoms with E-state index in [4.69, 9.17) is 0 Å². The van der Waals surface area contributed by atoms with Crippen molar-refractivity contribution in [3.8, 4) is 0 Å². The van der Waals surface area contributed by atoms with E-state index in [1.54, 1.807) is 0 Å². The van der Waals surface area contributed by atoms with Crippen molar-refractivity contribution in [1.82, 2.24) is 15.5 Å². The maximum atomic E-state index is 12.2. The van der Waals surface area contributed by atoms with E-state index in [0.29, 0.717) is 17.7 Å². The molecule has 0 aromatic carbocycles. The van der Waals surface area contributed by atoms with Gasteiger partial charge in [-0.25, -0.2) is 0 Å². The van der Waals surface area contributed by atoms with Crippen molar-refractivity contribution < 1.29 is 9.59 Å². The van der Waals surface area contributed by atoms with Crippen molar-refractivity contribution in [2.24, 2.45) is 17.8 Å². The molecule has 1 aliphatic carbocycles. The van der Waals surface area contributed by atoms with Crippen molar-refractivity contribution in [2.75, 3.05) is 26.2 Å². The van der Waals surface area contributed by atoms with Gasteiger partial charge in [-0.1, -0.05) is 6.92 Å². The normalized spacial score (nSPS) is 31.4. The molecule has 0 bridgehead atoms. The smallest absolute Gasteiger partial charge is 0.225 e. The average Bonchev–Trinajstić information content (AvgIpc) is 3.21. The molecule has 5 nitrogen and oxygen atoms in total. The minimum atomic E-state index is 0.112. The van der Waals surface area contributed by atoms with Crippen LogP contribution in [0.4, 0.5) is 0 Å². The highest BCUT2D eigenvalue weighted by atomic mass is 16.2.